The molecule has 0 saturated carbocycles. The molecule has 1 saturated heterocycles. The Labute approximate surface area is 119 Å². The maximum Gasteiger partial charge on any atom is 0.226 e. The third-order valence-corrected chi connectivity index (χ3v) is 3.45. The second kappa shape index (κ2) is 7.26. The largest absolute Gasteiger partial charge is 0.508 e. The Morgan fingerprint density at radius 3 is 2.90 bits per heavy atom. The number of phenols is 1. The van der Waals surface area contributed by atoms with Crippen LogP contribution in [-0.4, -0.2) is 36.8 Å². The van der Waals surface area contributed by atoms with E-state index in [1.807, 2.05) is 0 Å². The highest BCUT2D eigenvalue weighted by Crippen LogP contribution is 2.20. The normalized spacial score (nSPS) is 16.1. The summed E-state index contributed by atoms with van der Waals surface area (Å²) in [6, 6.07) is 5.02. The summed E-state index contributed by atoms with van der Waals surface area (Å²) in [5.41, 5.74) is 1.45. The molecule has 0 radical (unpaired) electrons. The number of hydrogen-bond donors (Lipinski definition) is 3. The molecule has 20 heavy (non-hydrogen) atoms. The highest BCUT2D eigenvalue weighted by Gasteiger charge is 2.13. The lowest BCUT2D eigenvalue weighted by Crippen LogP contribution is -2.33. The molecule has 5 heteroatoms. The molecule has 110 valence electrons. The SMILES string of the molecule is Cc1cc(NC(=O)CCOC2CCNCC2)ccc1O. The molecular weight excluding hydrogens is 256 g/mol. The third-order valence-electron chi connectivity index (χ3n) is 3.45. The van der Waals surface area contributed by atoms with Gasteiger partial charge in [0.15, 0.2) is 0 Å². The average molecular weight is 278 g/mol. The van der Waals surface area contributed by atoms with Crippen LogP contribution in [0, 0.1) is 6.92 Å². The molecule has 2 rings (SSSR count). The molecule has 1 aliphatic heterocycles. The predicted octanol–water partition coefficient (Wildman–Crippen LogP) is 1.80. The summed E-state index contributed by atoms with van der Waals surface area (Å²) in [7, 11) is 0. The predicted molar refractivity (Wildman–Crippen MR) is 77.9 cm³/mol. The van der Waals surface area contributed by atoms with Crippen molar-refractivity contribution in [3.05, 3.63) is 23.8 Å². The van der Waals surface area contributed by atoms with Crippen LogP contribution >= 0.6 is 0 Å². The molecule has 3 N–H and O–H groups in total. The Bertz CT molecular complexity index is 456. The van der Waals surface area contributed by atoms with Crippen molar-refractivity contribution in [1.29, 1.82) is 0 Å². The molecular formula is C15H22N2O3. The van der Waals surface area contributed by atoms with E-state index in [1.165, 1.54) is 0 Å². The van der Waals surface area contributed by atoms with Crippen LogP contribution in [0.2, 0.25) is 0 Å². The second-order valence-corrected chi connectivity index (χ2v) is 5.12. The standard InChI is InChI=1S/C15H22N2O3/c1-11-10-12(2-3-14(11)18)17-15(19)6-9-20-13-4-7-16-8-5-13/h2-3,10,13,16,18H,4-9H2,1H3,(H,17,19). The summed E-state index contributed by atoms with van der Waals surface area (Å²) in [5.74, 6) is 0.168. The minimum Gasteiger partial charge on any atom is -0.508 e. The Morgan fingerprint density at radius 2 is 2.20 bits per heavy atom. The van der Waals surface area contributed by atoms with Gasteiger partial charge in [0.2, 0.25) is 5.91 Å². The van der Waals surface area contributed by atoms with E-state index in [9.17, 15) is 9.90 Å². The van der Waals surface area contributed by atoms with E-state index in [0.717, 1.165) is 31.5 Å². The van der Waals surface area contributed by atoms with Gasteiger partial charge in [-0.15, -0.1) is 0 Å². The van der Waals surface area contributed by atoms with Crippen LogP contribution in [0.3, 0.4) is 0 Å². The van der Waals surface area contributed by atoms with Crippen LogP contribution in [0.15, 0.2) is 18.2 Å². The van der Waals surface area contributed by atoms with Crippen LogP contribution in [-0.2, 0) is 9.53 Å². The number of benzene rings is 1. The Kier molecular flexibility index (Phi) is 5.38. The van der Waals surface area contributed by atoms with Gasteiger partial charge in [0, 0.05) is 5.69 Å². The number of aromatic hydroxyl groups is 1. The van der Waals surface area contributed by atoms with Gasteiger partial charge in [-0.25, -0.2) is 0 Å². The van der Waals surface area contributed by atoms with Gasteiger partial charge in [-0.05, 0) is 56.6 Å². The fourth-order valence-corrected chi connectivity index (χ4v) is 2.24. The number of aryl methyl sites for hydroxylation is 1. The molecule has 1 aromatic rings. The molecule has 0 unspecified atom stereocenters. The molecule has 0 aliphatic carbocycles. The molecule has 0 atom stereocenters. The van der Waals surface area contributed by atoms with Gasteiger partial charge in [-0.2, -0.15) is 0 Å². The van der Waals surface area contributed by atoms with Crippen molar-refractivity contribution in [2.24, 2.45) is 0 Å². The first-order chi connectivity index (χ1) is 9.65. The minimum absolute atomic E-state index is 0.0657. The van der Waals surface area contributed by atoms with Crippen molar-refractivity contribution in [1.82, 2.24) is 5.32 Å². The lowest BCUT2D eigenvalue weighted by Gasteiger charge is -2.22. The molecule has 1 fully saturated rings. The van der Waals surface area contributed by atoms with Crippen molar-refractivity contribution < 1.29 is 14.6 Å². The molecule has 1 aromatic carbocycles. The number of nitrogens with one attached hydrogen (secondary N) is 2. The van der Waals surface area contributed by atoms with Crippen LogP contribution in [0.5, 0.6) is 5.75 Å². The summed E-state index contributed by atoms with van der Waals surface area (Å²) < 4.78 is 5.69. The summed E-state index contributed by atoms with van der Waals surface area (Å²) in [5, 5.41) is 15.5. The number of amides is 1. The third kappa shape index (κ3) is 4.51. The van der Waals surface area contributed by atoms with Crippen LogP contribution in [0.4, 0.5) is 5.69 Å². The van der Waals surface area contributed by atoms with Gasteiger partial charge in [0.1, 0.15) is 5.75 Å². The van der Waals surface area contributed by atoms with E-state index < -0.39 is 0 Å². The average Bonchev–Trinajstić information content (AvgIpc) is 2.44. The molecule has 0 bridgehead atoms. The zero-order valence-corrected chi connectivity index (χ0v) is 11.8. The van der Waals surface area contributed by atoms with Crippen molar-refractivity contribution >= 4 is 11.6 Å². The van der Waals surface area contributed by atoms with Gasteiger partial charge >= 0.3 is 0 Å². The number of carbonyl (C=O) groups excluding carboxylic acids is 1. The first-order valence-electron chi connectivity index (χ1n) is 7.07. The second-order valence-electron chi connectivity index (χ2n) is 5.12. The van der Waals surface area contributed by atoms with E-state index in [4.69, 9.17) is 4.74 Å². The molecule has 0 aromatic heterocycles. The number of rotatable bonds is 5. The van der Waals surface area contributed by atoms with Crippen LogP contribution < -0.4 is 10.6 Å². The van der Waals surface area contributed by atoms with E-state index >= 15 is 0 Å². The number of anilines is 1. The van der Waals surface area contributed by atoms with Gasteiger partial charge in [-0.1, -0.05) is 0 Å². The molecule has 0 spiro atoms. The monoisotopic (exact) mass is 278 g/mol. The molecule has 1 aliphatic rings. The van der Waals surface area contributed by atoms with E-state index in [2.05, 4.69) is 10.6 Å². The fraction of sp³-hybridized carbons (Fsp3) is 0.533. The molecule has 5 nitrogen and oxygen atoms in total. The van der Waals surface area contributed by atoms with E-state index in [1.54, 1.807) is 25.1 Å². The van der Waals surface area contributed by atoms with Crippen molar-refractivity contribution in [3.8, 4) is 5.75 Å². The van der Waals surface area contributed by atoms with Crippen molar-refractivity contribution in [2.75, 3.05) is 25.0 Å². The van der Waals surface area contributed by atoms with Crippen LogP contribution in [0.1, 0.15) is 24.8 Å². The number of carbonyl (C=O) groups is 1. The summed E-state index contributed by atoms with van der Waals surface area (Å²) >= 11 is 0. The zero-order valence-electron chi connectivity index (χ0n) is 11.8. The van der Waals surface area contributed by atoms with Crippen LogP contribution in [0.25, 0.3) is 0 Å². The lowest BCUT2D eigenvalue weighted by atomic mass is 10.1. The quantitative estimate of drug-likeness (QED) is 0.718. The van der Waals surface area contributed by atoms with Gasteiger partial charge in [-0.3, -0.25) is 4.79 Å². The maximum absolute atomic E-state index is 11.8. The Hall–Kier alpha value is -1.59. The van der Waals surface area contributed by atoms with E-state index in [-0.39, 0.29) is 17.8 Å². The highest BCUT2D eigenvalue weighted by atomic mass is 16.5. The number of phenolic OH excluding ortho intramolecular Hbond substituents is 1. The number of hydrogen-bond acceptors (Lipinski definition) is 4. The topological polar surface area (TPSA) is 70.6 Å². The summed E-state index contributed by atoms with van der Waals surface area (Å²) in [6.45, 7) is 4.23. The summed E-state index contributed by atoms with van der Waals surface area (Å²) in [4.78, 5) is 11.8. The maximum atomic E-state index is 11.8. The van der Waals surface area contributed by atoms with Gasteiger partial charge in [0.05, 0.1) is 19.1 Å². The zero-order chi connectivity index (χ0) is 14.4. The smallest absolute Gasteiger partial charge is 0.226 e. The van der Waals surface area contributed by atoms with Gasteiger partial charge < -0.3 is 20.5 Å². The summed E-state index contributed by atoms with van der Waals surface area (Å²) in [6.07, 6.45) is 2.65. The van der Waals surface area contributed by atoms with Gasteiger partial charge in [0.25, 0.3) is 0 Å². The number of ether oxygens (including phenoxy) is 1. The lowest BCUT2D eigenvalue weighted by molar-refractivity contribution is -0.117. The minimum atomic E-state index is -0.0657. The fourth-order valence-electron chi connectivity index (χ4n) is 2.24. The van der Waals surface area contributed by atoms with Crippen molar-refractivity contribution in [2.45, 2.75) is 32.3 Å². The van der Waals surface area contributed by atoms with Crippen molar-refractivity contribution in [3.63, 3.8) is 0 Å². The Balaban J connectivity index is 1.70. The van der Waals surface area contributed by atoms with E-state index in [0.29, 0.717) is 18.7 Å². The number of piperidine rings is 1. The molecule has 1 amide bonds. The highest BCUT2D eigenvalue weighted by molar-refractivity contribution is 5.90. The first kappa shape index (κ1) is 14.8. The molecule has 1 heterocycles. The Morgan fingerprint density at radius 1 is 1.45 bits per heavy atom. The first-order valence-corrected chi connectivity index (χ1v) is 7.07.